The van der Waals surface area contributed by atoms with Gasteiger partial charge in [-0.1, -0.05) is 28.1 Å². The monoisotopic (exact) mass is 365 g/mol. The van der Waals surface area contributed by atoms with Crippen molar-refractivity contribution in [1.29, 1.82) is 0 Å². The zero-order chi connectivity index (χ0) is 15.7. The van der Waals surface area contributed by atoms with E-state index in [1.807, 2.05) is 24.3 Å². The summed E-state index contributed by atoms with van der Waals surface area (Å²) >= 11 is 3.39. The van der Waals surface area contributed by atoms with E-state index in [0.717, 1.165) is 35.7 Å². The van der Waals surface area contributed by atoms with Gasteiger partial charge in [-0.15, -0.1) is 0 Å². The van der Waals surface area contributed by atoms with E-state index in [-0.39, 0.29) is 11.9 Å². The summed E-state index contributed by atoms with van der Waals surface area (Å²) in [7, 11) is 0. The molecular weight excluding hydrogens is 350 g/mol. The van der Waals surface area contributed by atoms with Crippen LogP contribution in [0.4, 0.5) is 0 Å². The van der Waals surface area contributed by atoms with E-state index in [1.165, 1.54) is 0 Å². The number of rotatable bonds is 3. The fraction of sp³-hybridized carbons (Fsp3) is 0.400. The zero-order valence-electron chi connectivity index (χ0n) is 11.8. The zero-order valence-corrected chi connectivity index (χ0v) is 13.4. The highest BCUT2D eigenvalue weighted by Crippen LogP contribution is 2.48. The van der Waals surface area contributed by atoms with Crippen LogP contribution >= 0.6 is 15.9 Å². The summed E-state index contributed by atoms with van der Waals surface area (Å²) in [4.78, 5) is 35.4. The summed E-state index contributed by atoms with van der Waals surface area (Å²) < 4.78 is 0.900. The highest BCUT2D eigenvalue weighted by Gasteiger charge is 2.51. The van der Waals surface area contributed by atoms with Crippen LogP contribution in [0.25, 0.3) is 0 Å². The summed E-state index contributed by atoms with van der Waals surface area (Å²) in [5.41, 5.74) is 4.84. The Morgan fingerprint density at radius 1 is 1.09 bits per heavy atom. The van der Waals surface area contributed by atoms with Gasteiger partial charge >= 0.3 is 11.8 Å². The molecule has 0 saturated heterocycles. The van der Waals surface area contributed by atoms with Crippen molar-refractivity contribution >= 4 is 33.7 Å². The highest BCUT2D eigenvalue weighted by atomic mass is 79.9. The molecule has 0 bridgehead atoms. The minimum absolute atomic E-state index is 0.102. The smallest absolute Gasteiger partial charge is 0.327 e. The molecule has 116 valence electrons. The predicted molar refractivity (Wildman–Crippen MR) is 82.5 cm³/mol. The first-order chi connectivity index (χ1) is 10.5. The molecule has 2 fully saturated rings. The van der Waals surface area contributed by atoms with Gasteiger partial charge in [0, 0.05) is 10.5 Å². The number of halogens is 1. The number of carbonyl (C=O) groups excluding carboxylic acids is 3. The number of hydrazine groups is 1. The third-order valence-corrected chi connectivity index (χ3v) is 4.46. The normalized spacial score (nSPS) is 18.2. The molecule has 0 unspecified atom stereocenters. The van der Waals surface area contributed by atoms with E-state index in [2.05, 4.69) is 32.1 Å². The van der Waals surface area contributed by atoms with E-state index in [1.54, 1.807) is 0 Å². The molecule has 22 heavy (non-hydrogen) atoms. The summed E-state index contributed by atoms with van der Waals surface area (Å²) in [6.45, 7) is 0. The standard InChI is InChI=1S/C15H16BrN3O3/c16-10-3-1-2-9(8-10)15(6-7-15)14(22)19-18-13(21)12(20)17-11-4-5-11/h1-3,8,11H,4-7H2,(H,17,20)(H,18,21)(H,19,22). The van der Waals surface area contributed by atoms with Crippen molar-refractivity contribution < 1.29 is 14.4 Å². The molecule has 0 radical (unpaired) electrons. The first-order valence-electron chi connectivity index (χ1n) is 7.19. The minimum Gasteiger partial charge on any atom is -0.345 e. The van der Waals surface area contributed by atoms with E-state index >= 15 is 0 Å². The van der Waals surface area contributed by atoms with Crippen LogP contribution in [-0.4, -0.2) is 23.8 Å². The maximum absolute atomic E-state index is 12.3. The Labute approximate surface area is 136 Å². The number of hydrogen-bond donors (Lipinski definition) is 3. The van der Waals surface area contributed by atoms with Crippen molar-refractivity contribution in [3.05, 3.63) is 34.3 Å². The van der Waals surface area contributed by atoms with Gasteiger partial charge in [0.1, 0.15) is 0 Å². The average Bonchev–Trinajstić information content (AvgIpc) is 3.37. The van der Waals surface area contributed by atoms with Crippen molar-refractivity contribution in [2.45, 2.75) is 37.1 Å². The SMILES string of the molecule is O=C(NNC(=O)C1(c2cccc(Br)c2)CC1)C(=O)NC1CC1. The molecule has 7 heteroatoms. The Morgan fingerprint density at radius 2 is 1.82 bits per heavy atom. The molecule has 0 aromatic heterocycles. The van der Waals surface area contributed by atoms with Gasteiger partial charge in [-0.3, -0.25) is 25.2 Å². The molecule has 3 rings (SSSR count). The summed E-state index contributed by atoms with van der Waals surface area (Å²) in [5.74, 6) is -1.85. The number of amides is 3. The summed E-state index contributed by atoms with van der Waals surface area (Å²) in [6.07, 6.45) is 3.24. The lowest BCUT2D eigenvalue weighted by molar-refractivity contribution is -0.141. The first kappa shape index (κ1) is 15.0. The van der Waals surface area contributed by atoms with E-state index in [4.69, 9.17) is 0 Å². The molecule has 0 spiro atoms. The van der Waals surface area contributed by atoms with Gasteiger partial charge in [-0.2, -0.15) is 0 Å². The molecular formula is C15H16BrN3O3. The fourth-order valence-electron chi connectivity index (χ4n) is 2.33. The van der Waals surface area contributed by atoms with Gasteiger partial charge in [-0.25, -0.2) is 0 Å². The lowest BCUT2D eigenvalue weighted by Crippen LogP contribution is -2.51. The molecule has 1 aromatic carbocycles. The fourth-order valence-corrected chi connectivity index (χ4v) is 2.73. The molecule has 2 aliphatic carbocycles. The Kier molecular flexibility index (Phi) is 3.90. The largest absolute Gasteiger partial charge is 0.345 e. The lowest BCUT2D eigenvalue weighted by Gasteiger charge is -2.16. The molecule has 3 N–H and O–H groups in total. The van der Waals surface area contributed by atoms with Crippen LogP contribution in [0.2, 0.25) is 0 Å². The van der Waals surface area contributed by atoms with E-state index < -0.39 is 17.2 Å². The quantitative estimate of drug-likeness (QED) is 0.549. The minimum atomic E-state index is -0.842. The average molecular weight is 366 g/mol. The van der Waals surface area contributed by atoms with Crippen LogP contribution < -0.4 is 16.2 Å². The second kappa shape index (κ2) is 5.72. The second-order valence-corrected chi connectivity index (χ2v) is 6.66. The molecule has 2 aliphatic rings. The van der Waals surface area contributed by atoms with Crippen LogP contribution in [0, 0.1) is 0 Å². The van der Waals surface area contributed by atoms with Crippen LogP contribution in [0.1, 0.15) is 31.2 Å². The van der Waals surface area contributed by atoms with Gasteiger partial charge in [0.05, 0.1) is 5.41 Å². The first-order valence-corrected chi connectivity index (χ1v) is 7.98. The third kappa shape index (κ3) is 3.14. The number of benzene rings is 1. The van der Waals surface area contributed by atoms with E-state index in [9.17, 15) is 14.4 Å². The van der Waals surface area contributed by atoms with Crippen LogP contribution in [0.5, 0.6) is 0 Å². The molecule has 2 saturated carbocycles. The van der Waals surface area contributed by atoms with Crippen molar-refractivity contribution in [2.75, 3.05) is 0 Å². The lowest BCUT2D eigenvalue weighted by atomic mass is 9.95. The molecule has 0 heterocycles. The second-order valence-electron chi connectivity index (χ2n) is 5.75. The molecule has 0 aliphatic heterocycles. The van der Waals surface area contributed by atoms with Crippen molar-refractivity contribution in [1.82, 2.24) is 16.2 Å². The Balaban J connectivity index is 1.57. The Bertz CT molecular complexity index is 639. The topological polar surface area (TPSA) is 87.3 Å². The summed E-state index contributed by atoms with van der Waals surface area (Å²) in [6, 6.07) is 7.65. The van der Waals surface area contributed by atoms with E-state index in [0.29, 0.717) is 0 Å². The number of hydrogen-bond acceptors (Lipinski definition) is 3. The number of carbonyl (C=O) groups is 3. The predicted octanol–water partition coefficient (Wildman–Crippen LogP) is 0.907. The highest BCUT2D eigenvalue weighted by molar-refractivity contribution is 9.10. The molecule has 6 nitrogen and oxygen atoms in total. The van der Waals surface area contributed by atoms with Crippen LogP contribution in [-0.2, 0) is 19.8 Å². The maximum atomic E-state index is 12.3. The van der Waals surface area contributed by atoms with Crippen LogP contribution in [0.3, 0.4) is 0 Å². The molecule has 3 amide bonds. The van der Waals surface area contributed by atoms with Crippen molar-refractivity contribution in [3.63, 3.8) is 0 Å². The number of nitrogens with one attached hydrogen (secondary N) is 3. The van der Waals surface area contributed by atoms with Gasteiger partial charge in [0.15, 0.2) is 0 Å². The Hall–Kier alpha value is -1.89. The molecule has 1 aromatic rings. The van der Waals surface area contributed by atoms with Gasteiger partial charge < -0.3 is 5.32 Å². The maximum Gasteiger partial charge on any atom is 0.327 e. The Morgan fingerprint density at radius 3 is 2.41 bits per heavy atom. The van der Waals surface area contributed by atoms with Gasteiger partial charge in [-0.05, 0) is 43.4 Å². The third-order valence-electron chi connectivity index (χ3n) is 3.97. The summed E-state index contributed by atoms with van der Waals surface area (Å²) in [5, 5.41) is 2.56. The van der Waals surface area contributed by atoms with Gasteiger partial charge in [0.25, 0.3) is 0 Å². The van der Waals surface area contributed by atoms with Gasteiger partial charge in [0.2, 0.25) is 5.91 Å². The van der Waals surface area contributed by atoms with Crippen LogP contribution in [0.15, 0.2) is 28.7 Å². The van der Waals surface area contributed by atoms with Crippen molar-refractivity contribution in [2.24, 2.45) is 0 Å². The van der Waals surface area contributed by atoms with Crippen molar-refractivity contribution in [3.8, 4) is 0 Å². The molecule has 0 atom stereocenters.